The number of ketones is 1. The molecule has 4 aromatic carbocycles. The van der Waals surface area contributed by atoms with Gasteiger partial charge in [0.1, 0.15) is 11.5 Å². The van der Waals surface area contributed by atoms with E-state index in [4.69, 9.17) is 9.47 Å². The van der Waals surface area contributed by atoms with Gasteiger partial charge in [-0.3, -0.25) is 4.79 Å². The summed E-state index contributed by atoms with van der Waals surface area (Å²) in [6.45, 7) is 0. The molecule has 0 aliphatic carbocycles. The second-order valence-corrected chi connectivity index (χ2v) is 10.9. The third-order valence-corrected chi connectivity index (χ3v) is 9.50. The zero-order valence-electron chi connectivity index (χ0n) is 19.3. The molecule has 1 atom stereocenters. The molecule has 0 fully saturated rings. The van der Waals surface area contributed by atoms with Gasteiger partial charge in [-0.25, -0.2) is 0 Å². The van der Waals surface area contributed by atoms with E-state index in [-0.39, 0.29) is 12.2 Å². The fraction of sp³-hybridized carbons (Fsp3) is 0.138. The number of rotatable bonds is 9. The number of methoxy groups -OCH3 is 2. The van der Waals surface area contributed by atoms with Crippen molar-refractivity contribution in [2.45, 2.75) is 12.1 Å². The smallest absolute Gasteiger partial charge is 0.163 e. The molecule has 4 rings (SSSR count). The van der Waals surface area contributed by atoms with E-state index >= 15 is 4.57 Å². The molecule has 4 nitrogen and oxygen atoms in total. The highest BCUT2D eigenvalue weighted by Crippen LogP contribution is 2.59. The summed E-state index contributed by atoms with van der Waals surface area (Å²) in [5, 5.41) is 1.35. The average molecular weight is 471 g/mol. The molecule has 0 saturated heterocycles. The summed E-state index contributed by atoms with van der Waals surface area (Å²) in [4.78, 5) is 13.4. The highest BCUT2D eigenvalue weighted by Gasteiger charge is 2.39. The summed E-state index contributed by atoms with van der Waals surface area (Å²) in [7, 11) is -0.122. The van der Waals surface area contributed by atoms with Gasteiger partial charge >= 0.3 is 0 Å². The Morgan fingerprint density at radius 1 is 0.676 bits per heavy atom. The lowest BCUT2D eigenvalue weighted by molar-refractivity contribution is 0.0981. The van der Waals surface area contributed by atoms with Crippen LogP contribution in [0.25, 0.3) is 0 Å². The zero-order chi connectivity index (χ0) is 24.0. The summed E-state index contributed by atoms with van der Waals surface area (Å²) in [6.07, 6.45) is 0.114. The Morgan fingerprint density at radius 2 is 1.12 bits per heavy atom. The standard InChI is InChI=1S/C29H27O4P/c1-32-24-13-17-26(18-14-24)34(31,27-19-15-25(33-2)16-20-27)29(23-11-7-4-8-12-23)21-28(30)22-9-5-3-6-10-22/h3-20,29H,21H2,1-2H3. The van der Waals surface area contributed by atoms with Crippen LogP contribution in [0, 0.1) is 0 Å². The molecule has 0 spiro atoms. The topological polar surface area (TPSA) is 52.6 Å². The number of hydrogen-bond acceptors (Lipinski definition) is 4. The first-order valence-corrected chi connectivity index (χ1v) is 12.9. The van der Waals surface area contributed by atoms with Crippen molar-refractivity contribution in [1.29, 1.82) is 0 Å². The molecule has 0 saturated carbocycles. The largest absolute Gasteiger partial charge is 0.497 e. The fourth-order valence-corrected chi connectivity index (χ4v) is 7.38. The first-order chi connectivity index (χ1) is 16.6. The van der Waals surface area contributed by atoms with Crippen molar-refractivity contribution in [1.82, 2.24) is 0 Å². The first-order valence-electron chi connectivity index (χ1n) is 11.1. The van der Waals surface area contributed by atoms with Crippen molar-refractivity contribution < 1.29 is 18.8 Å². The Hall–Kier alpha value is -3.62. The Morgan fingerprint density at radius 3 is 1.56 bits per heavy atom. The van der Waals surface area contributed by atoms with E-state index in [0.29, 0.717) is 27.7 Å². The highest BCUT2D eigenvalue weighted by molar-refractivity contribution is 7.79. The van der Waals surface area contributed by atoms with Gasteiger partial charge in [0, 0.05) is 22.6 Å². The van der Waals surface area contributed by atoms with Gasteiger partial charge < -0.3 is 14.0 Å². The minimum Gasteiger partial charge on any atom is -0.497 e. The first kappa shape index (κ1) is 23.5. The Labute approximate surface area is 200 Å². The molecule has 0 amide bonds. The number of Topliss-reactive ketones (excluding diaryl/α,β-unsaturated/α-hetero) is 1. The van der Waals surface area contributed by atoms with Crippen LogP contribution in [-0.4, -0.2) is 20.0 Å². The van der Waals surface area contributed by atoms with Crippen LogP contribution in [0.3, 0.4) is 0 Å². The summed E-state index contributed by atoms with van der Waals surface area (Å²) in [5.41, 5.74) is 0.935. The van der Waals surface area contributed by atoms with Crippen molar-refractivity contribution in [2.75, 3.05) is 14.2 Å². The van der Waals surface area contributed by atoms with E-state index in [1.54, 1.807) is 26.4 Å². The normalized spacial score (nSPS) is 12.1. The molecule has 172 valence electrons. The minimum atomic E-state index is -3.32. The van der Waals surface area contributed by atoms with Gasteiger partial charge in [-0.05, 0) is 54.1 Å². The summed E-state index contributed by atoms with van der Waals surface area (Å²) in [5.74, 6) is 1.32. The zero-order valence-corrected chi connectivity index (χ0v) is 20.2. The minimum absolute atomic E-state index is 0.0447. The van der Waals surface area contributed by atoms with E-state index in [1.807, 2.05) is 97.1 Å². The number of carbonyl (C=O) groups is 1. The van der Waals surface area contributed by atoms with Crippen LogP contribution >= 0.6 is 7.14 Å². The maximum Gasteiger partial charge on any atom is 0.163 e. The van der Waals surface area contributed by atoms with Gasteiger partial charge in [-0.2, -0.15) is 0 Å². The summed E-state index contributed by atoms with van der Waals surface area (Å²) < 4.78 is 25.9. The predicted octanol–water partition coefficient (Wildman–Crippen LogP) is 6.03. The van der Waals surface area contributed by atoms with Crippen molar-refractivity contribution in [3.8, 4) is 11.5 Å². The lowest BCUT2D eigenvalue weighted by Crippen LogP contribution is -2.23. The van der Waals surface area contributed by atoms with Gasteiger partial charge in [-0.1, -0.05) is 60.7 Å². The molecule has 0 N–H and O–H groups in total. The lowest BCUT2D eigenvalue weighted by Gasteiger charge is -2.29. The maximum atomic E-state index is 15.2. The molecule has 4 aromatic rings. The third kappa shape index (κ3) is 4.83. The number of hydrogen-bond donors (Lipinski definition) is 0. The van der Waals surface area contributed by atoms with E-state index in [0.717, 1.165) is 5.56 Å². The van der Waals surface area contributed by atoms with Crippen LogP contribution in [0.15, 0.2) is 109 Å². The van der Waals surface area contributed by atoms with Crippen LogP contribution in [0.1, 0.15) is 28.0 Å². The molecular formula is C29H27O4P. The van der Waals surface area contributed by atoms with Crippen LogP contribution < -0.4 is 20.1 Å². The second kappa shape index (κ2) is 10.5. The number of carbonyl (C=O) groups excluding carboxylic acids is 1. The van der Waals surface area contributed by atoms with Crippen molar-refractivity contribution in [2.24, 2.45) is 0 Å². The Kier molecular flexibility index (Phi) is 7.30. The summed E-state index contributed by atoms with van der Waals surface area (Å²) in [6, 6.07) is 33.4. The van der Waals surface area contributed by atoms with E-state index in [1.165, 1.54) is 0 Å². The van der Waals surface area contributed by atoms with E-state index in [9.17, 15) is 4.79 Å². The highest BCUT2D eigenvalue weighted by atomic mass is 31.2. The molecule has 0 heterocycles. The monoisotopic (exact) mass is 470 g/mol. The summed E-state index contributed by atoms with van der Waals surface area (Å²) >= 11 is 0. The predicted molar refractivity (Wildman–Crippen MR) is 137 cm³/mol. The van der Waals surface area contributed by atoms with Crippen molar-refractivity contribution >= 4 is 23.5 Å². The third-order valence-electron chi connectivity index (χ3n) is 6.01. The molecule has 0 bridgehead atoms. The van der Waals surface area contributed by atoms with Gasteiger partial charge in [0.2, 0.25) is 0 Å². The number of ether oxygens (including phenoxy) is 2. The Balaban J connectivity index is 1.89. The molecular weight excluding hydrogens is 443 g/mol. The van der Waals surface area contributed by atoms with Crippen LogP contribution in [-0.2, 0) is 4.57 Å². The van der Waals surface area contributed by atoms with Crippen LogP contribution in [0.5, 0.6) is 11.5 Å². The quantitative estimate of drug-likeness (QED) is 0.221. The fourth-order valence-electron chi connectivity index (χ4n) is 4.17. The van der Waals surface area contributed by atoms with Gasteiger partial charge in [0.05, 0.1) is 19.9 Å². The molecule has 0 radical (unpaired) electrons. The van der Waals surface area contributed by atoms with Crippen molar-refractivity contribution in [3.63, 3.8) is 0 Å². The van der Waals surface area contributed by atoms with E-state index < -0.39 is 12.8 Å². The van der Waals surface area contributed by atoms with Gasteiger partial charge in [0.15, 0.2) is 12.9 Å². The molecule has 1 unspecified atom stereocenters. The molecule has 34 heavy (non-hydrogen) atoms. The Bertz CT molecular complexity index is 1220. The van der Waals surface area contributed by atoms with Crippen molar-refractivity contribution in [3.05, 3.63) is 120 Å². The van der Waals surface area contributed by atoms with E-state index in [2.05, 4.69) is 0 Å². The molecule has 0 aromatic heterocycles. The molecule has 5 heteroatoms. The SMILES string of the molecule is COc1ccc(P(=O)(c2ccc(OC)cc2)C(CC(=O)c2ccccc2)c2ccccc2)cc1. The van der Waals surface area contributed by atoms with Gasteiger partial charge in [0.25, 0.3) is 0 Å². The van der Waals surface area contributed by atoms with Gasteiger partial charge in [-0.15, -0.1) is 0 Å². The van der Waals surface area contributed by atoms with Crippen LogP contribution in [0.2, 0.25) is 0 Å². The second-order valence-electron chi connectivity index (χ2n) is 7.97. The average Bonchev–Trinajstić information content (AvgIpc) is 2.92. The lowest BCUT2D eigenvalue weighted by atomic mass is 10.0. The van der Waals surface area contributed by atoms with Crippen LogP contribution in [0.4, 0.5) is 0 Å². The number of benzene rings is 4. The maximum absolute atomic E-state index is 15.2. The molecule has 0 aliphatic heterocycles. The molecule has 0 aliphatic rings.